The van der Waals surface area contributed by atoms with E-state index in [1.54, 1.807) is 0 Å². The third-order valence-electron chi connectivity index (χ3n) is 5.03. The summed E-state index contributed by atoms with van der Waals surface area (Å²) in [4.78, 5) is 14.7. The van der Waals surface area contributed by atoms with Crippen LogP contribution in [0.3, 0.4) is 0 Å². The molecule has 1 aliphatic heterocycles. The van der Waals surface area contributed by atoms with E-state index in [2.05, 4.69) is 6.07 Å². The lowest BCUT2D eigenvalue weighted by molar-refractivity contribution is -0.119. The van der Waals surface area contributed by atoms with Crippen LogP contribution in [0.5, 0.6) is 0 Å². The van der Waals surface area contributed by atoms with Crippen molar-refractivity contribution < 1.29 is 4.79 Å². The van der Waals surface area contributed by atoms with E-state index in [4.69, 9.17) is 5.73 Å². The van der Waals surface area contributed by atoms with E-state index in [1.165, 1.54) is 38.5 Å². The molecule has 1 saturated carbocycles. The molecule has 1 fully saturated rings. The first-order chi connectivity index (χ1) is 10.3. The summed E-state index contributed by atoms with van der Waals surface area (Å²) >= 11 is 0. The number of carbonyl (C=O) groups excluding carboxylic acids is 1. The Labute approximate surface area is 127 Å². The van der Waals surface area contributed by atoms with Gasteiger partial charge >= 0.3 is 0 Å². The van der Waals surface area contributed by atoms with E-state index in [1.807, 2.05) is 17.0 Å². The van der Waals surface area contributed by atoms with Gasteiger partial charge in [-0.25, -0.2) is 0 Å². The second-order valence-electron chi connectivity index (χ2n) is 6.56. The molecule has 0 bridgehead atoms. The van der Waals surface area contributed by atoms with E-state index in [0.717, 1.165) is 36.3 Å². The minimum absolute atomic E-state index is 0.299. The number of hydrogen-bond donors (Lipinski definition) is 1. The summed E-state index contributed by atoms with van der Waals surface area (Å²) in [7, 11) is 0. The largest absolute Gasteiger partial charge is 0.398 e. The predicted octanol–water partition coefficient (Wildman–Crippen LogP) is 3.91. The van der Waals surface area contributed by atoms with Gasteiger partial charge < -0.3 is 10.6 Å². The van der Waals surface area contributed by atoms with Crippen LogP contribution < -0.4 is 10.6 Å². The standard InChI is InChI=1S/C18H26N2O/c19-16-10-5-11-17-15(16)9-6-12-20(17)18(21)13-14-7-3-1-2-4-8-14/h5,10-11,14H,1-4,6-9,12-13,19H2. The maximum atomic E-state index is 12.7. The van der Waals surface area contributed by atoms with Gasteiger partial charge in [0.2, 0.25) is 5.91 Å². The van der Waals surface area contributed by atoms with Crippen LogP contribution in [0, 0.1) is 5.92 Å². The van der Waals surface area contributed by atoms with Crippen molar-refractivity contribution in [1.29, 1.82) is 0 Å². The number of nitrogen functional groups attached to an aromatic ring is 1. The molecule has 114 valence electrons. The molecule has 0 radical (unpaired) electrons. The molecule has 0 unspecified atom stereocenters. The van der Waals surface area contributed by atoms with Crippen molar-refractivity contribution in [3.8, 4) is 0 Å². The van der Waals surface area contributed by atoms with Gasteiger partial charge in [-0.05, 0) is 49.3 Å². The van der Waals surface area contributed by atoms with E-state index >= 15 is 0 Å². The fourth-order valence-electron chi connectivity index (χ4n) is 3.84. The first-order valence-electron chi connectivity index (χ1n) is 8.43. The number of nitrogens with two attached hydrogens (primary N) is 1. The number of fused-ring (bicyclic) bond motifs is 1. The average molecular weight is 286 g/mol. The molecule has 1 aliphatic carbocycles. The first kappa shape index (κ1) is 14.4. The van der Waals surface area contributed by atoms with Crippen LogP contribution in [0.4, 0.5) is 11.4 Å². The first-order valence-corrected chi connectivity index (χ1v) is 8.43. The van der Waals surface area contributed by atoms with Gasteiger partial charge in [-0.2, -0.15) is 0 Å². The molecule has 21 heavy (non-hydrogen) atoms. The number of anilines is 2. The van der Waals surface area contributed by atoms with Gasteiger partial charge in [0.15, 0.2) is 0 Å². The maximum Gasteiger partial charge on any atom is 0.227 e. The molecule has 3 heteroatoms. The zero-order chi connectivity index (χ0) is 14.7. The molecule has 1 aromatic carbocycles. The van der Waals surface area contributed by atoms with Crippen LogP contribution in [-0.2, 0) is 11.2 Å². The Bertz CT molecular complexity index is 504. The average Bonchev–Trinajstić information content (AvgIpc) is 2.76. The summed E-state index contributed by atoms with van der Waals surface area (Å²) in [5, 5.41) is 0. The summed E-state index contributed by atoms with van der Waals surface area (Å²) in [6, 6.07) is 5.96. The molecular formula is C18H26N2O. The molecule has 0 atom stereocenters. The monoisotopic (exact) mass is 286 g/mol. The van der Waals surface area contributed by atoms with E-state index < -0.39 is 0 Å². The highest BCUT2D eigenvalue weighted by molar-refractivity contribution is 5.95. The highest BCUT2D eigenvalue weighted by atomic mass is 16.2. The Morgan fingerprint density at radius 3 is 2.67 bits per heavy atom. The van der Waals surface area contributed by atoms with Crippen LogP contribution in [0.15, 0.2) is 18.2 Å². The lowest BCUT2D eigenvalue weighted by atomic mass is 9.94. The highest BCUT2D eigenvalue weighted by Crippen LogP contribution is 2.33. The SMILES string of the molecule is Nc1cccc2c1CCCN2C(=O)CC1CCCCCC1. The number of benzene rings is 1. The Kier molecular flexibility index (Phi) is 4.47. The predicted molar refractivity (Wildman–Crippen MR) is 87.3 cm³/mol. The number of nitrogens with zero attached hydrogens (tertiary/aromatic N) is 1. The van der Waals surface area contributed by atoms with Gasteiger partial charge in [-0.3, -0.25) is 4.79 Å². The molecular weight excluding hydrogens is 260 g/mol. The molecule has 0 spiro atoms. The van der Waals surface area contributed by atoms with Gasteiger partial charge in [0.25, 0.3) is 0 Å². The van der Waals surface area contributed by atoms with Crippen LogP contribution in [-0.4, -0.2) is 12.5 Å². The molecule has 3 rings (SSSR count). The molecule has 2 N–H and O–H groups in total. The third kappa shape index (κ3) is 3.22. The highest BCUT2D eigenvalue weighted by Gasteiger charge is 2.26. The topological polar surface area (TPSA) is 46.3 Å². The minimum atomic E-state index is 0.299. The van der Waals surface area contributed by atoms with Crippen molar-refractivity contribution >= 4 is 17.3 Å². The molecule has 1 amide bonds. The van der Waals surface area contributed by atoms with Crippen molar-refractivity contribution in [1.82, 2.24) is 0 Å². The number of hydrogen-bond acceptors (Lipinski definition) is 2. The lowest BCUT2D eigenvalue weighted by Gasteiger charge is -2.31. The second-order valence-corrected chi connectivity index (χ2v) is 6.56. The summed E-state index contributed by atoms with van der Waals surface area (Å²) in [5.74, 6) is 0.889. The zero-order valence-electron chi connectivity index (χ0n) is 12.8. The summed E-state index contributed by atoms with van der Waals surface area (Å²) in [6.45, 7) is 0.849. The fourth-order valence-corrected chi connectivity index (χ4v) is 3.84. The van der Waals surface area contributed by atoms with E-state index in [0.29, 0.717) is 18.2 Å². The van der Waals surface area contributed by atoms with E-state index in [9.17, 15) is 4.79 Å². The Morgan fingerprint density at radius 1 is 1.14 bits per heavy atom. The van der Waals surface area contributed by atoms with Gasteiger partial charge in [-0.15, -0.1) is 0 Å². The van der Waals surface area contributed by atoms with Crippen molar-refractivity contribution in [3.05, 3.63) is 23.8 Å². The molecule has 1 heterocycles. The summed E-state index contributed by atoms with van der Waals surface area (Å²) in [6.07, 6.45) is 10.5. The molecule has 3 nitrogen and oxygen atoms in total. The number of amides is 1. The molecule has 0 aromatic heterocycles. The minimum Gasteiger partial charge on any atom is -0.398 e. The van der Waals surface area contributed by atoms with Gasteiger partial charge in [-0.1, -0.05) is 31.7 Å². The summed E-state index contributed by atoms with van der Waals surface area (Å²) < 4.78 is 0. The van der Waals surface area contributed by atoms with Gasteiger partial charge in [0, 0.05) is 24.3 Å². The summed E-state index contributed by atoms with van der Waals surface area (Å²) in [5.41, 5.74) is 9.12. The van der Waals surface area contributed by atoms with E-state index in [-0.39, 0.29) is 0 Å². The van der Waals surface area contributed by atoms with Crippen LogP contribution in [0.2, 0.25) is 0 Å². The van der Waals surface area contributed by atoms with Crippen molar-refractivity contribution in [2.45, 2.75) is 57.8 Å². The Balaban J connectivity index is 1.72. The smallest absolute Gasteiger partial charge is 0.227 e. The van der Waals surface area contributed by atoms with Crippen molar-refractivity contribution in [2.24, 2.45) is 5.92 Å². The normalized spacial score (nSPS) is 19.9. The van der Waals surface area contributed by atoms with Crippen LogP contribution in [0.25, 0.3) is 0 Å². The van der Waals surface area contributed by atoms with Crippen molar-refractivity contribution in [3.63, 3.8) is 0 Å². The molecule has 2 aliphatic rings. The lowest BCUT2D eigenvalue weighted by Crippen LogP contribution is -2.36. The molecule has 1 aromatic rings. The Morgan fingerprint density at radius 2 is 1.90 bits per heavy atom. The second kappa shape index (κ2) is 6.50. The Hall–Kier alpha value is -1.51. The van der Waals surface area contributed by atoms with Crippen LogP contribution >= 0.6 is 0 Å². The zero-order valence-corrected chi connectivity index (χ0v) is 12.8. The van der Waals surface area contributed by atoms with Crippen LogP contribution in [0.1, 0.15) is 56.9 Å². The maximum absolute atomic E-state index is 12.7. The van der Waals surface area contributed by atoms with Gasteiger partial charge in [0.05, 0.1) is 0 Å². The fraction of sp³-hybridized carbons (Fsp3) is 0.611. The van der Waals surface area contributed by atoms with Crippen molar-refractivity contribution in [2.75, 3.05) is 17.2 Å². The third-order valence-corrected chi connectivity index (χ3v) is 5.03. The molecule has 0 saturated heterocycles. The number of rotatable bonds is 2. The number of carbonyl (C=O) groups is 1. The quantitative estimate of drug-likeness (QED) is 0.662. The van der Waals surface area contributed by atoms with Gasteiger partial charge in [0.1, 0.15) is 0 Å².